The molecule has 1 aromatic rings. The van der Waals surface area contributed by atoms with Crippen molar-refractivity contribution in [2.24, 2.45) is 0 Å². The van der Waals surface area contributed by atoms with Crippen LogP contribution in [0.25, 0.3) is 0 Å². The van der Waals surface area contributed by atoms with Gasteiger partial charge >= 0.3 is 0 Å². The topological polar surface area (TPSA) is 28.2 Å². The molecule has 1 fully saturated rings. The average Bonchev–Trinajstić information content (AvgIpc) is 2.25. The van der Waals surface area contributed by atoms with Crippen LogP contribution in [0.1, 0.15) is 12.5 Å². The van der Waals surface area contributed by atoms with Crippen LogP contribution < -0.4 is 5.32 Å². The van der Waals surface area contributed by atoms with Crippen molar-refractivity contribution in [1.82, 2.24) is 15.2 Å². The number of nitrogens with zero attached hydrogens (tertiary/aromatic N) is 2. The normalized spacial score (nSPS) is 22.3. The van der Waals surface area contributed by atoms with Crippen molar-refractivity contribution in [3.8, 4) is 0 Å². The third-order valence-electron chi connectivity index (χ3n) is 2.90. The lowest BCUT2D eigenvalue weighted by molar-refractivity contribution is 0.165. The molecule has 0 radical (unpaired) electrons. The molecular formula is C11H15Cl2N3. The van der Waals surface area contributed by atoms with Gasteiger partial charge in [0.25, 0.3) is 0 Å². The van der Waals surface area contributed by atoms with E-state index in [2.05, 4.69) is 22.1 Å². The summed E-state index contributed by atoms with van der Waals surface area (Å²) in [6.07, 6.45) is 0. The highest BCUT2D eigenvalue weighted by Gasteiger charge is 2.18. The minimum absolute atomic E-state index is 0.446. The molecule has 1 saturated heterocycles. The number of hydrogen-bond acceptors (Lipinski definition) is 3. The van der Waals surface area contributed by atoms with E-state index in [-0.39, 0.29) is 0 Å². The van der Waals surface area contributed by atoms with Crippen LogP contribution in [0.15, 0.2) is 12.1 Å². The quantitative estimate of drug-likeness (QED) is 0.826. The minimum atomic E-state index is 0.446. The van der Waals surface area contributed by atoms with E-state index in [1.54, 1.807) is 6.07 Å². The van der Waals surface area contributed by atoms with Gasteiger partial charge in [-0.25, -0.2) is 4.98 Å². The molecule has 0 aromatic carbocycles. The summed E-state index contributed by atoms with van der Waals surface area (Å²) in [4.78, 5) is 6.45. The lowest BCUT2D eigenvalue weighted by Gasteiger charge is -2.33. The molecule has 0 bridgehead atoms. The van der Waals surface area contributed by atoms with E-state index in [1.807, 2.05) is 6.07 Å². The molecule has 0 unspecified atom stereocenters. The monoisotopic (exact) mass is 259 g/mol. The number of halogens is 2. The van der Waals surface area contributed by atoms with Crippen molar-refractivity contribution >= 4 is 23.2 Å². The second-order valence-corrected chi connectivity index (χ2v) is 4.85. The molecule has 0 saturated carbocycles. The van der Waals surface area contributed by atoms with Crippen LogP contribution in [0, 0.1) is 0 Å². The predicted octanol–water partition coefficient (Wildman–Crippen LogP) is 2.18. The van der Waals surface area contributed by atoms with Gasteiger partial charge < -0.3 is 5.32 Å². The SMILES string of the molecule is C[C@@H]1CNCCN1Cc1ccc(Cl)nc1Cl. The van der Waals surface area contributed by atoms with Crippen molar-refractivity contribution in [1.29, 1.82) is 0 Å². The molecule has 0 spiro atoms. The number of aromatic nitrogens is 1. The van der Waals surface area contributed by atoms with E-state index in [1.165, 1.54) is 0 Å². The van der Waals surface area contributed by atoms with Crippen LogP contribution in [0.2, 0.25) is 10.3 Å². The second-order valence-electron chi connectivity index (χ2n) is 4.11. The van der Waals surface area contributed by atoms with E-state index < -0.39 is 0 Å². The Morgan fingerprint density at radius 2 is 2.31 bits per heavy atom. The number of rotatable bonds is 2. The molecule has 2 rings (SSSR count). The first kappa shape index (κ1) is 12.1. The summed E-state index contributed by atoms with van der Waals surface area (Å²) in [6, 6.07) is 4.27. The van der Waals surface area contributed by atoms with Gasteiger partial charge in [0.15, 0.2) is 0 Å². The van der Waals surface area contributed by atoms with E-state index >= 15 is 0 Å². The maximum absolute atomic E-state index is 6.06. The Hall–Kier alpha value is -0.350. The van der Waals surface area contributed by atoms with E-state index in [4.69, 9.17) is 23.2 Å². The summed E-state index contributed by atoms with van der Waals surface area (Å²) in [5.74, 6) is 0. The molecule has 0 aliphatic carbocycles. The molecular weight excluding hydrogens is 245 g/mol. The van der Waals surface area contributed by atoms with Crippen LogP contribution in [0.3, 0.4) is 0 Å². The Kier molecular flexibility index (Phi) is 4.03. The molecule has 1 aliphatic rings. The van der Waals surface area contributed by atoms with Crippen LogP contribution in [0.4, 0.5) is 0 Å². The minimum Gasteiger partial charge on any atom is -0.314 e. The molecule has 16 heavy (non-hydrogen) atoms. The fourth-order valence-electron chi connectivity index (χ4n) is 1.90. The smallest absolute Gasteiger partial charge is 0.135 e. The fraction of sp³-hybridized carbons (Fsp3) is 0.545. The van der Waals surface area contributed by atoms with Crippen molar-refractivity contribution < 1.29 is 0 Å². The molecule has 2 heterocycles. The highest BCUT2D eigenvalue weighted by atomic mass is 35.5. The predicted molar refractivity (Wildman–Crippen MR) is 67.0 cm³/mol. The summed E-state index contributed by atoms with van der Waals surface area (Å²) >= 11 is 11.8. The summed E-state index contributed by atoms with van der Waals surface area (Å²) < 4.78 is 0. The van der Waals surface area contributed by atoms with Crippen molar-refractivity contribution in [3.05, 3.63) is 28.0 Å². The zero-order valence-corrected chi connectivity index (χ0v) is 10.7. The Balaban J connectivity index is 2.07. The number of piperazine rings is 1. The summed E-state index contributed by atoms with van der Waals surface area (Å²) in [5, 5.41) is 4.32. The van der Waals surface area contributed by atoms with Gasteiger partial charge in [-0.1, -0.05) is 29.3 Å². The standard InChI is InChI=1S/C11H15Cl2N3/c1-8-6-14-4-5-16(8)7-9-2-3-10(12)15-11(9)13/h2-3,8,14H,4-7H2,1H3/t8-/m1/s1. The number of nitrogens with one attached hydrogen (secondary N) is 1. The fourth-order valence-corrected chi connectivity index (χ4v) is 2.30. The molecule has 1 aromatic heterocycles. The van der Waals surface area contributed by atoms with Gasteiger partial charge in [-0.15, -0.1) is 0 Å². The lowest BCUT2D eigenvalue weighted by atomic mass is 10.2. The first-order valence-electron chi connectivity index (χ1n) is 5.42. The third-order valence-corrected chi connectivity index (χ3v) is 3.44. The third kappa shape index (κ3) is 2.86. The Morgan fingerprint density at radius 1 is 1.50 bits per heavy atom. The van der Waals surface area contributed by atoms with E-state index in [0.29, 0.717) is 16.3 Å². The largest absolute Gasteiger partial charge is 0.314 e. The summed E-state index contributed by atoms with van der Waals surface area (Å²) in [5.41, 5.74) is 1.04. The molecule has 1 N–H and O–H groups in total. The van der Waals surface area contributed by atoms with Crippen molar-refractivity contribution in [2.45, 2.75) is 19.5 Å². The molecule has 88 valence electrons. The average molecular weight is 260 g/mol. The number of hydrogen-bond donors (Lipinski definition) is 1. The van der Waals surface area contributed by atoms with Gasteiger partial charge in [-0.2, -0.15) is 0 Å². The Labute approximate surface area is 106 Å². The van der Waals surface area contributed by atoms with Gasteiger partial charge in [-0.05, 0) is 13.0 Å². The first-order valence-corrected chi connectivity index (χ1v) is 6.18. The van der Waals surface area contributed by atoms with Crippen LogP contribution in [-0.4, -0.2) is 35.6 Å². The lowest BCUT2D eigenvalue weighted by Crippen LogP contribution is -2.49. The highest BCUT2D eigenvalue weighted by Crippen LogP contribution is 2.19. The summed E-state index contributed by atoms with van der Waals surface area (Å²) in [7, 11) is 0. The molecule has 3 nitrogen and oxygen atoms in total. The van der Waals surface area contributed by atoms with Gasteiger partial charge in [0.05, 0.1) is 0 Å². The van der Waals surface area contributed by atoms with Crippen molar-refractivity contribution in [2.75, 3.05) is 19.6 Å². The Bertz CT molecular complexity index is 370. The zero-order valence-electron chi connectivity index (χ0n) is 9.21. The number of pyridine rings is 1. The van der Waals surface area contributed by atoms with Gasteiger partial charge in [-0.3, -0.25) is 4.90 Å². The second kappa shape index (κ2) is 5.32. The van der Waals surface area contributed by atoms with Crippen LogP contribution >= 0.6 is 23.2 Å². The van der Waals surface area contributed by atoms with Gasteiger partial charge in [0.2, 0.25) is 0 Å². The van der Waals surface area contributed by atoms with Crippen LogP contribution in [0.5, 0.6) is 0 Å². The first-order chi connectivity index (χ1) is 7.66. The van der Waals surface area contributed by atoms with E-state index in [9.17, 15) is 0 Å². The summed E-state index contributed by atoms with van der Waals surface area (Å²) in [6.45, 7) is 6.15. The maximum Gasteiger partial charge on any atom is 0.135 e. The maximum atomic E-state index is 6.06. The molecule has 0 amide bonds. The van der Waals surface area contributed by atoms with E-state index in [0.717, 1.165) is 31.7 Å². The van der Waals surface area contributed by atoms with Crippen molar-refractivity contribution in [3.63, 3.8) is 0 Å². The van der Waals surface area contributed by atoms with Gasteiger partial charge in [0.1, 0.15) is 10.3 Å². The van der Waals surface area contributed by atoms with Crippen LogP contribution in [-0.2, 0) is 6.54 Å². The Morgan fingerprint density at radius 3 is 3.00 bits per heavy atom. The zero-order chi connectivity index (χ0) is 11.5. The molecule has 1 aliphatic heterocycles. The van der Waals surface area contributed by atoms with Gasteiger partial charge in [0, 0.05) is 37.8 Å². The highest BCUT2D eigenvalue weighted by molar-refractivity contribution is 6.32. The molecule has 5 heteroatoms. The molecule has 1 atom stereocenters.